The van der Waals surface area contributed by atoms with Crippen molar-refractivity contribution in [3.05, 3.63) is 47.0 Å². The standard InChI is InChI=1S/C13H14BrN3O/c14-12-5-3-11(4-6-12)13(18,10-1-2-10)7-17-9-15-8-16-17/h3-6,8-10,18H,1-2,7H2/t13-/m1/s1. The highest BCUT2D eigenvalue weighted by Crippen LogP contribution is 2.46. The van der Waals surface area contributed by atoms with Crippen LogP contribution in [0.5, 0.6) is 0 Å². The second kappa shape index (κ2) is 4.48. The van der Waals surface area contributed by atoms with Crippen molar-refractivity contribution in [2.75, 3.05) is 0 Å². The van der Waals surface area contributed by atoms with E-state index in [0.29, 0.717) is 12.5 Å². The average molecular weight is 308 g/mol. The Labute approximate surface area is 114 Å². The van der Waals surface area contributed by atoms with Gasteiger partial charge in [0.1, 0.15) is 18.3 Å². The lowest BCUT2D eigenvalue weighted by atomic mass is 9.89. The molecule has 1 aliphatic carbocycles. The predicted octanol–water partition coefficient (Wildman–Crippen LogP) is 2.34. The van der Waals surface area contributed by atoms with E-state index in [0.717, 1.165) is 22.9 Å². The highest BCUT2D eigenvalue weighted by molar-refractivity contribution is 9.10. The van der Waals surface area contributed by atoms with Crippen LogP contribution in [0, 0.1) is 5.92 Å². The summed E-state index contributed by atoms with van der Waals surface area (Å²) in [5, 5.41) is 15.1. The summed E-state index contributed by atoms with van der Waals surface area (Å²) in [6, 6.07) is 7.87. The number of hydrogen-bond donors (Lipinski definition) is 1. The Bertz CT molecular complexity index is 522. The van der Waals surface area contributed by atoms with E-state index >= 15 is 0 Å². The van der Waals surface area contributed by atoms with Gasteiger partial charge in [-0.25, -0.2) is 9.67 Å². The van der Waals surface area contributed by atoms with Gasteiger partial charge in [-0.15, -0.1) is 0 Å². The maximum absolute atomic E-state index is 11.0. The van der Waals surface area contributed by atoms with Gasteiger partial charge in [-0.1, -0.05) is 28.1 Å². The van der Waals surface area contributed by atoms with Gasteiger partial charge >= 0.3 is 0 Å². The van der Waals surface area contributed by atoms with Gasteiger partial charge in [0.2, 0.25) is 0 Å². The van der Waals surface area contributed by atoms with Crippen LogP contribution in [0.3, 0.4) is 0 Å². The molecule has 1 aliphatic rings. The van der Waals surface area contributed by atoms with E-state index < -0.39 is 5.60 Å². The summed E-state index contributed by atoms with van der Waals surface area (Å²) in [7, 11) is 0. The maximum Gasteiger partial charge on any atom is 0.137 e. The van der Waals surface area contributed by atoms with Gasteiger partial charge in [0.15, 0.2) is 0 Å². The van der Waals surface area contributed by atoms with Gasteiger partial charge in [0, 0.05) is 4.47 Å². The Kier molecular flexibility index (Phi) is 2.95. The summed E-state index contributed by atoms with van der Waals surface area (Å²) in [4.78, 5) is 3.93. The van der Waals surface area contributed by atoms with Crippen LogP contribution in [-0.4, -0.2) is 19.9 Å². The van der Waals surface area contributed by atoms with Gasteiger partial charge in [0.05, 0.1) is 6.54 Å². The second-order valence-electron chi connectivity index (χ2n) is 4.80. The van der Waals surface area contributed by atoms with E-state index in [4.69, 9.17) is 0 Å². The summed E-state index contributed by atoms with van der Waals surface area (Å²) < 4.78 is 2.71. The van der Waals surface area contributed by atoms with Crippen molar-refractivity contribution >= 4 is 15.9 Å². The summed E-state index contributed by atoms with van der Waals surface area (Å²) in [5.41, 5.74) is 0.109. The van der Waals surface area contributed by atoms with Gasteiger partial charge in [-0.2, -0.15) is 5.10 Å². The minimum atomic E-state index is -0.839. The second-order valence-corrected chi connectivity index (χ2v) is 5.71. The Hall–Kier alpha value is -1.20. The van der Waals surface area contributed by atoms with Crippen LogP contribution >= 0.6 is 15.9 Å². The van der Waals surface area contributed by atoms with Gasteiger partial charge in [-0.05, 0) is 36.5 Å². The molecule has 2 aromatic rings. The molecule has 1 atom stereocenters. The smallest absolute Gasteiger partial charge is 0.137 e. The zero-order chi connectivity index (χ0) is 12.6. The molecule has 0 spiro atoms. The topological polar surface area (TPSA) is 50.9 Å². The third kappa shape index (κ3) is 2.20. The molecular formula is C13H14BrN3O. The molecule has 4 nitrogen and oxygen atoms in total. The van der Waals surface area contributed by atoms with Crippen molar-refractivity contribution in [2.45, 2.75) is 25.0 Å². The largest absolute Gasteiger partial charge is 0.383 e. The van der Waals surface area contributed by atoms with E-state index in [1.807, 2.05) is 24.3 Å². The van der Waals surface area contributed by atoms with E-state index in [2.05, 4.69) is 26.0 Å². The van der Waals surface area contributed by atoms with Crippen molar-refractivity contribution in [3.63, 3.8) is 0 Å². The minimum absolute atomic E-state index is 0.322. The number of halogens is 1. The minimum Gasteiger partial charge on any atom is -0.383 e. The SMILES string of the molecule is O[C@@](Cn1cncn1)(c1ccc(Br)cc1)C1CC1. The Balaban J connectivity index is 1.93. The number of hydrogen-bond acceptors (Lipinski definition) is 3. The van der Waals surface area contributed by atoms with Crippen LogP contribution in [0.1, 0.15) is 18.4 Å². The third-order valence-corrected chi connectivity index (χ3v) is 4.00. The summed E-state index contributed by atoms with van der Waals surface area (Å²) in [6.45, 7) is 0.458. The lowest BCUT2D eigenvalue weighted by Gasteiger charge is -2.28. The molecule has 1 fully saturated rings. The molecule has 1 N–H and O–H groups in total. The van der Waals surface area contributed by atoms with E-state index in [9.17, 15) is 5.11 Å². The van der Waals surface area contributed by atoms with Crippen LogP contribution in [0.2, 0.25) is 0 Å². The zero-order valence-electron chi connectivity index (χ0n) is 9.83. The van der Waals surface area contributed by atoms with Crippen LogP contribution in [0.4, 0.5) is 0 Å². The van der Waals surface area contributed by atoms with Crippen LogP contribution < -0.4 is 0 Å². The first kappa shape index (κ1) is 11.9. The molecule has 94 valence electrons. The first-order valence-electron chi connectivity index (χ1n) is 5.99. The quantitative estimate of drug-likeness (QED) is 0.943. The highest BCUT2D eigenvalue weighted by Gasteiger charge is 2.45. The molecule has 1 aromatic heterocycles. The molecule has 0 unspecified atom stereocenters. The molecule has 5 heteroatoms. The lowest BCUT2D eigenvalue weighted by molar-refractivity contribution is -0.00777. The number of benzene rings is 1. The monoisotopic (exact) mass is 307 g/mol. The van der Waals surface area contributed by atoms with Crippen LogP contribution in [0.25, 0.3) is 0 Å². The van der Waals surface area contributed by atoms with Crippen molar-refractivity contribution in [1.29, 1.82) is 0 Å². The lowest BCUT2D eigenvalue weighted by Crippen LogP contribution is -2.34. The molecule has 0 saturated heterocycles. The van der Waals surface area contributed by atoms with Gasteiger partial charge in [0.25, 0.3) is 0 Å². The molecule has 18 heavy (non-hydrogen) atoms. The molecule has 0 amide bonds. The van der Waals surface area contributed by atoms with Gasteiger partial charge in [-0.3, -0.25) is 0 Å². The van der Waals surface area contributed by atoms with Gasteiger partial charge < -0.3 is 5.11 Å². The van der Waals surface area contributed by atoms with Crippen molar-refractivity contribution < 1.29 is 5.11 Å². The fraction of sp³-hybridized carbons (Fsp3) is 0.385. The highest BCUT2D eigenvalue weighted by atomic mass is 79.9. The van der Waals surface area contributed by atoms with Crippen molar-refractivity contribution in [1.82, 2.24) is 14.8 Å². The number of nitrogens with zero attached hydrogens (tertiary/aromatic N) is 3. The summed E-state index contributed by atoms with van der Waals surface area (Å²) >= 11 is 3.42. The first-order chi connectivity index (χ1) is 8.68. The Morgan fingerprint density at radius 3 is 2.61 bits per heavy atom. The van der Waals surface area contributed by atoms with Crippen molar-refractivity contribution in [2.24, 2.45) is 5.92 Å². The van der Waals surface area contributed by atoms with E-state index in [1.165, 1.54) is 6.33 Å². The van der Waals surface area contributed by atoms with Crippen LogP contribution in [-0.2, 0) is 12.1 Å². The molecule has 1 heterocycles. The fourth-order valence-corrected chi connectivity index (χ4v) is 2.58. The summed E-state index contributed by atoms with van der Waals surface area (Å²) in [5.74, 6) is 0.322. The summed E-state index contributed by atoms with van der Waals surface area (Å²) in [6.07, 6.45) is 5.28. The number of aromatic nitrogens is 3. The normalized spacial score (nSPS) is 18.6. The van der Waals surface area contributed by atoms with Crippen molar-refractivity contribution in [3.8, 4) is 0 Å². The van der Waals surface area contributed by atoms with E-state index in [1.54, 1.807) is 11.0 Å². The predicted molar refractivity (Wildman–Crippen MR) is 70.8 cm³/mol. The number of aliphatic hydroxyl groups is 1. The Morgan fingerprint density at radius 2 is 2.06 bits per heavy atom. The molecule has 0 aliphatic heterocycles. The van der Waals surface area contributed by atoms with Crippen LogP contribution in [0.15, 0.2) is 41.4 Å². The van der Waals surface area contributed by atoms with E-state index in [-0.39, 0.29) is 0 Å². The first-order valence-corrected chi connectivity index (χ1v) is 6.78. The molecule has 3 rings (SSSR count). The third-order valence-electron chi connectivity index (χ3n) is 3.47. The molecular weight excluding hydrogens is 294 g/mol. The number of rotatable bonds is 4. The zero-order valence-corrected chi connectivity index (χ0v) is 11.4. The molecule has 0 bridgehead atoms. The molecule has 1 saturated carbocycles. The molecule has 0 radical (unpaired) electrons. The average Bonchev–Trinajstić information content (AvgIpc) is 3.11. The fourth-order valence-electron chi connectivity index (χ4n) is 2.32. The maximum atomic E-state index is 11.0. The Morgan fingerprint density at radius 1 is 1.33 bits per heavy atom. The molecule has 1 aromatic carbocycles.